The van der Waals surface area contributed by atoms with Crippen LogP contribution < -0.4 is 5.32 Å². The maximum Gasteiger partial charge on any atom is 0.338 e. The molecule has 0 bridgehead atoms. The first kappa shape index (κ1) is 16.4. The van der Waals surface area contributed by atoms with Crippen molar-refractivity contribution in [2.75, 3.05) is 11.9 Å². The Morgan fingerprint density at radius 1 is 1.00 bits per heavy atom. The van der Waals surface area contributed by atoms with Crippen LogP contribution in [0.25, 0.3) is 0 Å². The number of carbonyl (C=O) groups excluding carboxylic acids is 3. The summed E-state index contributed by atoms with van der Waals surface area (Å²) < 4.78 is 4.98. The number of hydrogen-bond donors (Lipinski definition) is 1. The zero-order valence-electron chi connectivity index (χ0n) is 13.0. The van der Waals surface area contributed by atoms with E-state index < -0.39 is 18.5 Å². The monoisotopic (exact) mass is 311 g/mol. The predicted molar refractivity (Wildman–Crippen MR) is 86.5 cm³/mol. The number of Topliss-reactive ketones (excluding diaryl/α,β-unsaturated/α-hetero) is 1. The molecule has 2 rings (SSSR count). The highest BCUT2D eigenvalue weighted by Crippen LogP contribution is 2.11. The number of esters is 1. The van der Waals surface area contributed by atoms with Gasteiger partial charge in [0, 0.05) is 11.3 Å². The van der Waals surface area contributed by atoms with Gasteiger partial charge in [-0.1, -0.05) is 29.8 Å². The van der Waals surface area contributed by atoms with Crippen molar-refractivity contribution >= 4 is 23.3 Å². The third-order valence-electron chi connectivity index (χ3n) is 3.14. The van der Waals surface area contributed by atoms with E-state index in [1.165, 1.54) is 6.92 Å². The SMILES string of the molecule is CC(=O)c1cccc(NC(=O)COC(=O)c2cccc(C)c2)c1. The van der Waals surface area contributed by atoms with Crippen molar-refractivity contribution in [1.29, 1.82) is 0 Å². The summed E-state index contributed by atoms with van der Waals surface area (Å²) >= 11 is 0. The highest BCUT2D eigenvalue weighted by atomic mass is 16.5. The molecule has 0 atom stereocenters. The van der Waals surface area contributed by atoms with Crippen LogP contribution in [0.15, 0.2) is 48.5 Å². The molecule has 0 heterocycles. The number of ether oxygens (including phenoxy) is 1. The largest absolute Gasteiger partial charge is 0.452 e. The lowest BCUT2D eigenvalue weighted by molar-refractivity contribution is -0.119. The molecular formula is C18H17NO4. The molecule has 0 fully saturated rings. The molecule has 0 saturated carbocycles. The van der Waals surface area contributed by atoms with E-state index in [-0.39, 0.29) is 5.78 Å². The molecule has 0 radical (unpaired) electrons. The van der Waals surface area contributed by atoms with Crippen LogP contribution in [0.2, 0.25) is 0 Å². The summed E-state index contributed by atoms with van der Waals surface area (Å²) in [6.45, 7) is 2.92. The summed E-state index contributed by atoms with van der Waals surface area (Å²) in [4.78, 5) is 35.0. The van der Waals surface area contributed by atoms with Gasteiger partial charge in [0.1, 0.15) is 0 Å². The van der Waals surface area contributed by atoms with Crippen LogP contribution in [0.4, 0.5) is 5.69 Å². The summed E-state index contributed by atoms with van der Waals surface area (Å²) in [6.07, 6.45) is 0. The van der Waals surface area contributed by atoms with Gasteiger partial charge in [-0.2, -0.15) is 0 Å². The maximum atomic E-state index is 11.9. The number of rotatable bonds is 5. The van der Waals surface area contributed by atoms with Crippen molar-refractivity contribution in [3.63, 3.8) is 0 Å². The van der Waals surface area contributed by atoms with E-state index in [1.54, 1.807) is 42.5 Å². The predicted octanol–water partition coefficient (Wildman–Crippen LogP) is 2.99. The van der Waals surface area contributed by atoms with Crippen LogP contribution >= 0.6 is 0 Å². The molecule has 0 aliphatic heterocycles. The van der Waals surface area contributed by atoms with Crippen LogP contribution in [0, 0.1) is 6.92 Å². The van der Waals surface area contributed by atoms with Crippen molar-refractivity contribution in [3.05, 3.63) is 65.2 Å². The van der Waals surface area contributed by atoms with Gasteiger partial charge in [-0.3, -0.25) is 9.59 Å². The Labute approximate surface area is 134 Å². The molecule has 0 aliphatic rings. The smallest absolute Gasteiger partial charge is 0.338 e. The number of benzene rings is 2. The van der Waals surface area contributed by atoms with Crippen molar-refractivity contribution in [2.24, 2.45) is 0 Å². The zero-order valence-corrected chi connectivity index (χ0v) is 13.0. The molecule has 0 spiro atoms. The first-order valence-electron chi connectivity index (χ1n) is 7.10. The van der Waals surface area contributed by atoms with Gasteiger partial charge in [0.25, 0.3) is 5.91 Å². The summed E-state index contributed by atoms with van der Waals surface area (Å²) in [7, 11) is 0. The molecule has 5 heteroatoms. The third-order valence-corrected chi connectivity index (χ3v) is 3.14. The lowest BCUT2D eigenvalue weighted by Gasteiger charge is -2.08. The van der Waals surface area contributed by atoms with Crippen molar-refractivity contribution in [3.8, 4) is 0 Å². The molecule has 0 saturated heterocycles. The lowest BCUT2D eigenvalue weighted by Crippen LogP contribution is -2.21. The van der Waals surface area contributed by atoms with E-state index >= 15 is 0 Å². The molecule has 0 aliphatic carbocycles. The zero-order chi connectivity index (χ0) is 16.8. The maximum absolute atomic E-state index is 11.9. The highest BCUT2D eigenvalue weighted by molar-refractivity contribution is 5.98. The molecular weight excluding hydrogens is 294 g/mol. The number of nitrogens with one attached hydrogen (secondary N) is 1. The molecule has 2 aromatic carbocycles. The molecule has 118 valence electrons. The Morgan fingerprint density at radius 3 is 2.39 bits per heavy atom. The van der Waals surface area contributed by atoms with E-state index in [2.05, 4.69) is 5.32 Å². The van der Waals surface area contributed by atoms with E-state index in [1.807, 2.05) is 13.0 Å². The minimum absolute atomic E-state index is 0.0908. The number of carbonyl (C=O) groups is 3. The summed E-state index contributed by atoms with van der Waals surface area (Å²) in [5, 5.41) is 2.59. The van der Waals surface area contributed by atoms with Gasteiger partial charge in [-0.05, 0) is 38.1 Å². The summed E-state index contributed by atoms with van der Waals surface area (Å²) in [5.41, 5.74) is 2.31. The molecule has 0 aromatic heterocycles. The van der Waals surface area contributed by atoms with E-state index in [9.17, 15) is 14.4 Å². The van der Waals surface area contributed by atoms with Gasteiger partial charge in [0.15, 0.2) is 12.4 Å². The van der Waals surface area contributed by atoms with Crippen molar-refractivity contribution in [2.45, 2.75) is 13.8 Å². The molecule has 0 unspecified atom stereocenters. The standard InChI is InChI=1S/C18H17NO4/c1-12-5-3-7-15(9-12)18(22)23-11-17(21)19-16-8-4-6-14(10-16)13(2)20/h3-10H,11H2,1-2H3,(H,19,21). The molecule has 2 aromatic rings. The fourth-order valence-corrected chi connectivity index (χ4v) is 2.00. The van der Waals surface area contributed by atoms with E-state index in [0.29, 0.717) is 16.8 Å². The van der Waals surface area contributed by atoms with Gasteiger partial charge in [0.2, 0.25) is 0 Å². The molecule has 23 heavy (non-hydrogen) atoms. The average molecular weight is 311 g/mol. The van der Waals surface area contributed by atoms with Gasteiger partial charge >= 0.3 is 5.97 Å². The Bertz CT molecular complexity index is 752. The van der Waals surface area contributed by atoms with Gasteiger partial charge in [0.05, 0.1) is 5.56 Å². The Kier molecular flexibility index (Phi) is 5.25. The van der Waals surface area contributed by atoms with Crippen molar-refractivity contribution < 1.29 is 19.1 Å². The van der Waals surface area contributed by atoms with Crippen LogP contribution in [-0.4, -0.2) is 24.3 Å². The Morgan fingerprint density at radius 2 is 1.70 bits per heavy atom. The number of hydrogen-bond acceptors (Lipinski definition) is 4. The summed E-state index contributed by atoms with van der Waals surface area (Å²) in [6, 6.07) is 13.5. The first-order valence-corrected chi connectivity index (χ1v) is 7.10. The minimum Gasteiger partial charge on any atom is -0.452 e. The second kappa shape index (κ2) is 7.35. The van der Waals surface area contributed by atoms with Crippen LogP contribution in [0.3, 0.4) is 0 Å². The van der Waals surface area contributed by atoms with E-state index in [4.69, 9.17) is 4.74 Å². The molecule has 5 nitrogen and oxygen atoms in total. The average Bonchev–Trinajstić information content (AvgIpc) is 2.53. The number of anilines is 1. The van der Waals surface area contributed by atoms with Gasteiger partial charge in [-0.15, -0.1) is 0 Å². The molecule has 1 amide bonds. The van der Waals surface area contributed by atoms with Crippen LogP contribution in [-0.2, 0) is 9.53 Å². The second-order valence-corrected chi connectivity index (χ2v) is 5.13. The van der Waals surface area contributed by atoms with Crippen LogP contribution in [0.1, 0.15) is 33.2 Å². The minimum atomic E-state index is -0.554. The molecule has 1 N–H and O–H groups in total. The third kappa shape index (κ3) is 4.78. The topological polar surface area (TPSA) is 72.5 Å². The number of aryl methyl sites for hydroxylation is 1. The van der Waals surface area contributed by atoms with Crippen molar-refractivity contribution in [1.82, 2.24) is 0 Å². The van der Waals surface area contributed by atoms with E-state index in [0.717, 1.165) is 5.56 Å². The Balaban J connectivity index is 1.91. The quantitative estimate of drug-likeness (QED) is 0.680. The number of amides is 1. The van der Waals surface area contributed by atoms with Gasteiger partial charge < -0.3 is 10.1 Å². The van der Waals surface area contributed by atoms with Crippen LogP contribution in [0.5, 0.6) is 0 Å². The fourth-order valence-electron chi connectivity index (χ4n) is 2.00. The lowest BCUT2D eigenvalue weighted by atomic mass is 10.1. The fraction of sp³-hybridized carbons (Fsp3) is 0.167. The highest BCUT2D eigenvalue weighted by Gasteiger charge is 2.11. The first-order chi connectivity index (χ1) is 11.0. The normalized spacial score (nSPS) is 10.0. The Hall–Kier alpha value is -2.95. The summed E-state index contributed by atoms with van der Waals surface area (Å²) in [5.74, 6) is -1.11. The van der Waals surface area contributed by atoms with Gasteiger partial charge in [-0.25, -0.2) is 4.79 Å². The second-order valence-electron chi connectivity index (χ2n) is 5.13. The number of ketones is 1.